The van der Waals surface area contributed by atoms with Crippen molar-refractivity contribution in [3.63, 3.8) is 0 Å². The zero-order valence-corrected chi connectivity index (χ0v) is 7.76. The quantitative estimate of drug-likeness (QED) is 0.665. The molecule has 2 unspecified atom stereocenters. The van der Waals surface area contributed by atoms with Crippen molar-refractivity contribution in [2.75, 3.05) is 0 Å². The summed E-state index contributed by atoms with van der Waals surface area (Å²) in [6.45, 7) is 2.58. The van der Waals surface area contributed by atoms with Crippen LogP contribution in [0.3, 0.4) is 0 Å². The average molecular weight is 212 g/mol. The molecule has 1 rings (SSSR count). The Balaban J connectivity index is 2.75. The van der Waals surface area contributed by atoms with Crippen molar-refractivity contribution in [1.82, 2.24) is 0 Å². The average Bonchev–Trinajstić information content (AvgIpc) is 2.27. The molecule has 0 aromatic carbocycles. The third-order valence-corrected chi connectivity index (χ3v) is 2.21. The first-order chi connectivity index (χ1) is 6.12. The number of aliphatic hydroxyl groups is 1. The Kier molecular flexibility index (Phi) is 2.51. The number of halogens is 3. The number of ether oxygens (including phenoxy) is 1. The van der Waals surface area contributed by atoms with Crippen LogP contribution >= 0.6 is 0 Å². The van der Waals surface area contributed by atoms with Crippen LogP contribution in [0.25, 0.3) is 0 Å². The first-order valence-electron chi connectivity index (χ1n) is 4.12. The van der Waals surface area contributed by atoms with E-state index in [9.17, 15) is 23.1 Å². The van der Waals surface area contributed by atoms with E-state index >= 15 is 0 Å². The summed E-state index contributed by atoms with van der Waals surface area (Å²) in [7, 11) is 0. The maximum atomic E-state index is 12.1. The van der Waals surface area contributed by atoms with Crippen LogP contribution in [0.5, 0.6) is 0 Å². The lowest BCUT2D eigenvalue weighted by Gasteiger charge is -2.21. The van der Waals surface area contributed by atoms with Crippen LogP contribution in [0.2, 0.25) is 0 Å². The molecule has 0 aromatic heterocycles. The van der Waals surface area contributed by atoms with Crippen LogP contribution in [0, 0.1) is 5.92 Å². The highest BCUT2D eigenvalue weighted by Crippen LogP contribution is 2.37. The summed E-state index contributed by atoms with van der Waals surface area (Å²) in [6.07, 6.45) is -7.13. The van der Waals surface area contributed by atoms with Crippen molar-refractivity contribution in [2.24, 2.45) is 5.92 Å². The minimum absolute atomic E-state index is 0.508. The summed E-state index contributed by atoms with van der Waals surface area (Å²) >= 11 is 0. The van der Waals surface area contributed by atoms with Crippen molar-refractivity contribution in [3.05, 3.63) is 0 Å². The fourth-order valence-electron chi connectivity index (χ4n) is 1.36. The number of hydrogen-bond acceptors (Lipinski definition) is 3. The lowest BCUT2D eigenvalue weighted by Crippen LogP contribution is -2.34. The van der Waals surface area contributed by atoms with Crippen molar-refractivity contribution >= 4 is 5.97 Å². The van der Waals surface area contributed by atoms with E-state index in [-0.39, 0.29) is 0 Å². The van der Waals surface area contributed by atoms with Gasteiger partial charge in [0.25, 0.3) is 0 Å². The number of cyclic esters (lactones) is 1. The summed E-state index contributed by atoms with van der Waals surface area (Å²) < 4.78 is 40.6. The first-order valence-corrected chi connectivity index (χ1v) is 4.12. The highest BCUT2D eigenvalue weighted by Gasteiger charge is 2.53. The molecule has 14 heavy (non-hydrogen) atoms. The summed E-state index contributed by atoms with van der Waals surface area (Å²) in [5.41, 5.74) is -1.48. The summed E-state index contributed by atoms with van der Waals surface area (Å²) in [5.74, 6) is -2.09. The van der Waals surface area contributed by atoms with Crippen molar-refractivity contribution in [2.45, 2.75) is 38.1 Å². The van der Waals surface area contributed by atoms with Crippen LogP contribution in [0.15, 0.2) is 0 Å². The monoisotopic (exact) mass is 212 g/mol. The van der Waals surface area contributed by atoms with Gasteiger partial charge in [0, 0.05) is 6.42 Å². The Morgan fingerprint density at radius 1 is 1.43 bits per heavy atom. The van der Waals surface area contributed by atoms with Crippen molar-refractivity contribution < 1.29 is 27.8 Å². The van der Waals surface area contributed by atoms with Crippen molar-refractivity contribution in [3.8, 4) is 0 Å². The zero-order chi connectivity index (χ0) is 11.1. The molecular weight excluding hydrogens is 201 g/mol. The number of carbonyl (C=O) groups is 1. The third kappa shape index (κ3) is 2.17. The van der Waals surface area contributed by atoms with Crippen LogP contribution < -0.4 is 0 Å². The zero-order valence-electron chi connectivity index (χ0n) is 7.76. The molecule has 6 heteroatoms. The Morgan fingerprint density at radius 3 is 2.14 bits per heavy atom. The molecule has 0 amide bonds. The van der Waals surface area contributed by atoms with Gasteiger partial charge in [0.1, 0.15) is 0 Å². The van der Waals surface area contributed by atoms with E-state index in [1.54, 1.807) is 0 Å². The molecule has 1 saturated heterocycles. The van der Waals surface area contributed by atoms with E-state index in [0.29, 0.717) is 0 Å². The summed E-state index contributed by atoms with van der Waals surface area (Å²) in [6, 6.07) is 0. The Hall–Kier alpha value is -0.780. The molecule has 0 saturated carbocycles. The third-order valence-electron chi connectivity index (χ3n) is 2.21. The molecule has 1 fully saturated rings. The fourth-order valence-corrected chi connectivity index (χ4v) is 1.36. The van der Waals surface area contributed by atoms with Gasteiger partial charge in [0.2, 0.25) is 0 Å². The number of esters is 1. The Bertz CT molecular complexity index is 241. The van der Waals surface area contributed by atoms with Gasteiger partial charge in [-0.25, -0.2) is 0 Å². The van der Waals surface area contributed by atoms with E-state index in [2.05, 4.69) is 4.74 Å². The van der Waals surface area contributed by atoms with E-state index in [1.165, 1.54) is 13.8 Å². The lowest BCUT2D eigenvalue weighted by atomic mass is 9.88. The molecule has 3 nitrogen and oxygen atoms in total. The molecule has 0 aromatic rings. The van der Waals surface area contributed by atoms with E-state index < -0.39 is 36.2 Å². The Morgan fingerprint density at radius 2 is 1.93 bits per heavy atom. The summed E-state index contributed by atoms with van der Waals surface area (Å²) in [4.78, 5) is 11.0. The molecule has 1 aliphatic rings. The van der Waals surface area contributed by atoms with Gasteiger partial charge in [-0.3, -0.25) is 4.79 Å². The van der Waals surface area contributed by atoms with Gasteiger partial charge in [0.15, 0.2) is 6.10 Å². The maximum absolute atomic E-state index is 12.1. The number of rotatable bonds is 1. The minimum atomic E-state index is -4.55. The standard InChI is InChI=1S/C8H11F3O3/c1-7(2,13)4-3-5(8(9,10)11)14-6(4)12/h4-5,13H,3H2,1-2H3. The molecule has 0 aliphatic carbocycles. The van der Waals surface area contributed by atoms with Crippen LogP contribution in [0.4, 0.5) is 13.2 Å². The molecular formula is C8H11F3O3. The second kappa shape index (κ2) is 3.12. The molecule has 0 bridgehead atoms. The fraction of sp³-hybridized carbons (Fsp3) is 0.875. The van der Waals surface area contributed by atoms with Crippen LogP contribution in [-0.4, -0.2) is 29.0 Å². The van der Waals surface area contributed by atoms with E-state index in [0.717, 1.165) is 0 Å². The maximum Gasteiger partial charge on any atom is 0.425 e. The predicted octanol–water partition coefficient (Wildman–Crippen LogP) is 1.25. The largest absolute Gasteiger partial charge is 0.452 e. The highest BCUT2D eigenvalue weighted by molar-refractivity contribution is 5.76. The second-order valence-electron chi connectivity index (χ2n) is 3.91. The summed E-state index contributed by atoms with van der Waals surface area (Å²) in [5, 5.41) is 9.40. The van der Waals surface area contributed by atoms with E-state index in [4.69, 9.17) is 0 Å². The first kappa shape index (κ1) is 11.3. The normalized spacial score (nSPS) is 29.1. The molecule has 1 N–H and O–H groups in total. The van der Waals surface area contributed by atoms with Gasteiger partial charge in [-0.05, 0) is 13.8 Å². The Labute approximate surface area is 78.9 Å². The topological polar surface area (TPSA) is 46.5 Å². The highest BCUT2D eigenvalue weighted by atomic mass is 19.4. The molecule has 2 atom stereocenters. The smallest absolute Gasteiger partial charge is 0.425 e. The van der Waals surface area contributed by atoms with E-state index in [1.807, 2.05) is 0 Å². The van der Waals surface area contributed by atoms with Crippen LogP contribution in [-0.2, 0) is 9.53 Å². The molecule has 82 valence electrons. The lowest BCUT2D eigenvalue weighted by molar-refractivity contribution is -0.209. The number of alkyl halides is 3. The molecule has 1 heterocycles. The SMILES string of the molecule is CC(C)(O)C1CC(C(F)(F)F)OC1=O. The van der Waals surface area contributed by atoms with Crippen LogP contribution in [0.1, 0.15) is 20.3 Å². The predicted molar refractivity (Wildman–Crippen MR) is 40.3 cm³/mol. The van der Waals surface area contributed by atoms with Gasteiger partial charge >= 0.3 is 12.1 Å². The van der Waals surface area contributed by atoms with Crippen molar-refractivity contribution in [1.29, 1.82) is 0 Å². The minimum Gasteiger partial charge on any atom is -0.452 e. The van der Waals surface area contributed by atoms with Gasteiger partial charge in [0.05, 0.1) is 11.5 Å². The number of hydrogen-bond donors (Lipinski definition) is 1. The van der Waals surface area contributed by atoms with Gasteiger partial charge in [-0.2, -0.15) is 13.2 Å². The molecule has 0 radical (unpaired) electrons. The van der Waals surface area contributed by atoms with Gasteiger partial charge in [-0.15, -0.1) is 0 Å². The molecule has 0 spiro atoms. The molecule has 1 aliphatic heterocycles. The van der Waals surface area contributed by atoms with Gasteiger partial charge < -0.3 is 9.84 Å². The van der Waals surface area contributed by atoms with Gasteiger partial charge in [-0.1, -0.05) is 0 Å². The second-order valence-corrected chi connectivity index (χ2v) is 3.91. The number of carbonyl (C=O) groups excluding carboxylic acids is 1.